The quantitative estimate of drug-likeness (QED) is 0.622. The van der Waals surface area contributed by atoms with Gasteiger partial charge in [0.05, 0.1) is 5.52 Å². The molecule has 4 rings (SSSR count). The van der Waals surface area contributed by atoms with Gasteiger partial charge in [-0.15, -0.1) is 0 Å². The van der Waals surface area contributed by atoms with Crippen LogP contribution < -0.4 is 4.90 Å². The van der Waals surface area contributed by atoms with Crippen LogP contribution in [0.3, 0.4) is 0 Å². The fraction of sp³-hybridized carbons (Fsp3) is 0.333. The number of rotatable bonds is 4. The standard InChI is InChI=1S/C24H27N5O/c1-17(2)24-26-18(3)16-21(27-24)28-12-14-29(15-13-28)22(30)10-9-20-7-4-6-19-8-5-11-25-23(19)20/h4-11,16-17H,12-15H2,1-3H3/b10-9+. The maximum atomic E-state index is 12.7. The zero-order valence-corrected chi connectivity index (χ0v) is 17.7. The first-order valence-electron chi connectivity index (χ1n) is 10.4. The molecule has 0 N–H and O–H groups in total. The zero-order chi connectivity index (χ0) is 21.1. The lowest BCUT2D eigenvalue weighted by molar-refractivity contribution is -0.126. The number of anilines is 1. The summed E-state index contributed by atoms with van der Waals surface area (Å²) in [7, 11) is 0. The van der Waals surface area contributed by atoms with Gasteiger partial charge in [0.2, 0.25) is 5.91 Å². The van der Waals surface area contributed by atoms with E-state index in [4.69, 9.17) is 4.98 Å². The van der Waals surface area contributed by atoms with Crippen molar-refractivity contribution in [3.05, 3.63) is 65.8 Å². The highest BCUT2D eigenvalue weighted by Crippen LogP contribution is 2.20. The van der Waals surface area contributed by atoms with Crippen molar-refractivity contribution in [3.63, 3.8) is 0 Å². The SMILES string of the molecule is Cc1cc(N2CCN(C(=O)/C=C/c3cccc4cccnc34)CC2)nc(C(C)C)n1. The minimum Gasteiger partial charge on any atom is -0.353 e. The first-order chi connectivity index (χ1) is 14.5. The third-order valence-corrected chi connectivity index (χ3v) is 5.36. The van der Waals surface area contributed by atoms with Gasteiger partial charge in [0.1, 0.15) is 11.6 Å². The van der Waals surface area contributed by atoms with E-state index in [-0.39, 0.29) is 5.91 Å². The molecule has 1 aliphatic rings. The van der Waals surface area contributed by atoms with E-state index >= 15 is 0 Å². The molecule has 6 heteroatoms. The molecule has 1 amide bonds. The summed E-state index contributed by atoms with van der Waals surface area (Å²) in [5.74, 6) is 2.15. The molecule has 30 heavy (non-hydrogen) atoms. The number of piperazine rings is 1. The summed E-state index contributed by atoms with van der Waals surface area (Å²) in [6.07, 6.45) is 5.30. The van der Waals surface area contributed by atoms with Crippen LogP contribution in [0.2, 0.25) is 0 Å². The van der Waals surface area contributed by atoms with Gasteiger partial charge >= 0.3 is 0 Å². The summed E-state index contributed by atoms with van der Waals surface area (Å²) in [4.78, 5) is 30.6. The monoisotopic (exact) mass is 401 g/mol. The number of carbonyl (C=O) groups is 1. The van der Waals surface area contributed by atoms with Gasteiger partial charge in [-0.05, 0) is 19.1 Å². The fourth-order valence-corrected chi connectivity index (χ4v) is 3.68. The van der Waals surface area contributed by atoms with Crippen molar-refractivity contribution in [2.24, 2.45) is 0 Å². The van der Waals surface area contributed by atoms with E-state index in [2.05, 4.69) is 28.7 Å². The molecule has 0 spiro atoms. The van der Waals surface area contributed by atoms with Crippen molar-refractivity contribution in [2.75, 3.05) is 31.1 Å². The minimum absolute atomic E-state index is 0.0318. The molecular formula is C24H27N5O. The number of para-hydroxylation sites is 1. The number of benzene rings is 1. The van der Waals surface area contributed by atoms with Gasteiger partial charge in [-0.2, -0.15) is 0 Å². The topological polar surface area (TPSA) is 62.2 Å². The lowest BCUT2D eigenvalue weighted by Crippen LogP contribution is -2.48. The number of hydrogen-bond donors (Lipinski definition) is 0. The molecule has 1 aromatic carbocycles. The predicted octanol–water partition coefficient (Wildman–Crippen LogP) is 3.82. The predicted molar refractivity (Wildman–Crippen MR) is 120 cm³/mol. The van der Waals surface area contributed by atoms with Crippen LogP contribution >= 0.6 is 0 Å². The van der Waals surface area contributed by atoms with Gasteiger partial charge in [0.25, 0.3) is 0 Å². The second-order valence-corrected chi connectivity index (χ2v) is 7.95. The molecule has 1 saturated heterocycles. The van der Waals surface area contributed by atoms with E-state index in [1.54, 1.807) is 12.3 Å². The molecule has 0 radical (unpaired) electrons. The Balaban J connectivity index is 1.42. The van der Waals surface area contributed by atoms with Crippen molar-refractivity contribution in [1.29, 1.82) is 0 Å². The highest BCUT2D eigenvalue weighted by molar-refractivity contribution is 5.95. The molecule has 0 atom stereocenters. The summed E-state index contributed by atoms with van der Waals surface area (Å²) in [6, 6.07) is 12.0. The minimum atomic E-state index is 0.0318. The van der Waals surface area contributed by atoms with E-state index in [1.807, 2.05) is 54.3 Å². The number of aromatic nitrogens is 3. The van der Waals surface area contributed by atoms with Crippen molar-refractivity contribution in [1.82, 2.24) is 19.9 Å². The fourth-order valence-electron chi connectivity index (χ4n) is 3.68. The summed E-state index contributed by atoms with van der Waals surface area (Å²) >= 11 is 0. The number of carbonyl (C=O) groups excluding carboxylic acids is 1. The van der Waals surface area contributed by atoms with Gasteiger partial charge in [-0.25, -0.2) is 9.97 Å². The van der Waals surface area contributed by atoms with E-state index in [1.165, 1.54) is 0 Å². The largest absolute Gasteiger partial charge is 0.353 e. The van der Waals surface area contributed by atoms with E-state index in [0.29, 0.717) is 19.0 Å². The molecule has 2 aromatic heterocycles. The average molecular weight is 402 g/mol. The Hall–Kier alpha value is -3.28. The van der Waals surface area contributed by atoms with Gasteiger partial charge < -0.3 is 9.80 Å². The Kier molecular flexibility index (Phi) is 5.74. The molecule has 0 unspecified atom stereocenters. The maximum Gasteiger partial charge on any atom is 0.246 e. The van der Waals surface area contributed by atoms with Gasteiger partial charge in [0, 0.05) is 67.1 Å². The summed E-state index contributed by atoms with van der Waals surface area (Å²) in [6.45, 7) is 9.10. The number of fused-ring (bicyclic) bond motifs is 1. The Labute approximate surface area is 177 Å². The normalized spacial score (nSPS) is 14.8. The number of hydrogen-bond acceptors (Lipinski definition) is 5. The molecular weight excluding hydrogens is 374 g/mol. The lowest BCUT2D eigenvalue weighted by atomic mass is 10.1. The molecule has 1 fully saturated rings. The molecule has 0 aliphatic carbocycles. The van der Waals surface area contributed by atoms with Gasteiger partial charge in [0.15, 0.2) is 0 Å². The highest BCUT2D eigenvalue weighted by Gasteiger charge is 2.21. The zero-order valence-electron chi connectivity index (χ0n) is 17.7. The molecule has 154 valence electrons. The van der Waals surface area contributed by atoms with Gasteiger partial charge in [-0.1, -0.05) is 38.1 Å². The highest BCUT2D eigenvalue weighted by atomic mass is 16.2. The van der Waals surface area contributed by atoms with Crippen LogP contribution in [0.15, 0.2) is 48.7 Å². The Bertz CT molecular complexity index is 1080. The van der Waals surface area contributed by atoms with Crippen LogP contribution in [-0.4, -0.2) is 51.9 Å². The van der Waals surface area contributed by atoms with Crippen molar-refractivity contribution in [2.45, 2.75) is 26.7 Å². The molecule has 0 saturated carbocycles. The number of nitrogens with zero attached hydrogens (tertiary/aromatic N) is 5. The maximum absolute atomic E-state index is 12.7. The number of pyridine rings is 1. The number of aryl methyl sites for hydroxylation is 1. The first kappa shape index (κ1) is 20.0. The van der Waals surface area contributed by atoms with Crippen molar-refractivity contribution >= 4 is 28.7 Å². The van der Waals surface area contributed by atoms with E-state index in [9.17, 15) is 4.79 Å². The second-order valence-electron chi connectivity index (χ2n) is 7.95. The van der Waals surface area contributed by atoms with Crippen LogP contribution in [-0.2, 0) is 4.79 Å². The van der Waals surface area contributed by atoms with E-state index < -0.39 is 0 Å². The average Bonchev–Trinajstić information content (AvgIpc) is 2.77. The summed E-state index contributed by atoms with van der Waals surface area (Å²) < 4.78 is 0. The smallest absolute Gasteiger partial charge is 0.246 e. The van der Waals surface area contributed by atoms with Crippen LogP contribution in [0, 0.1) is 6.92 Å². The Morgan fingerprint density at radius 2 is 1.83 bits per heavy atom. The molecule has 3 aromatic rings. The van der Waals surface area contributed by atoms with Crippen molar-refractivity contribution in [3.8, 4) is 0 Å². The molecule has 0 bridgehead atoms. The summed E-state index contributed by atoms with van der Waals surface area (Å²) in [5, 5.41) is 1.07. The van der Waals surface area contributed by atoms with Crippen molar-refractivity contribution < 1.29 is 4.79 Å². The Morgan fingerprint density at radius 3 is 2.60 bits per heavy atom. The van der Waals surface area contributed by atoms with E-state index in [0.717, 1.165) is 46.9 Å². The first-order valence-corrected chi connectivity index (χ1v) is 10.4. The lowest BCUT2D eigenvalue weighted by Gasteiger charge is -2.35. The van der Waals surface area contributed by atoms with Crippen LogP contribution in [0.1, 0.15) is 36.8 Å². The molecule has 1 aliphatic heterocycles. The van der Waals surface area contributed by atoms with Crippen LogP contribution in [0.25, 0.3) is 17.0 Å². The second kappa shape index (κ2) is 8.61. The Morgan fingerprint density at radius 1 is 1.07 bits per heavy atom. The number of amides is 1. The van der Waals surface area contributed by atoms with Crippen LogP contribution in [0.4, 0.5) is 5.82 Å². The van der Waals surface area contributed by atoms with Crippen LogP contribution in [0.5, 0.6) is 0 Å². The molecule has 6 nitrogen and oxygen atoms in total. The summed E-state index contributed by atoms with van der Waals surface area (Å²) in [5.41, 5.74) is 2.85. The third kappa shape index (κ3) is 4.32. The third-order valence-electron chi connectivity index (χ3n) is 5.36. The molecule has 3 heterocycles. The van der Waals surface area contributed by atoms with Gasteiger partial charge in [-0.3, -0.25) is 9.78 Å².